The molecule has 0 unspecified atom stereocenters. The number of nitrogens with zero attached hydrogens (tertiary/aromatic N) is 3. The first-order valence-corrected chi connectivity index (χ1v) is 6.35. The molecule has 0 aliphatic carbocycles. The summed E-state index contributed by atoms with van der Waals surface area (Å²) in [5.74, 6) is 0. The Bertz CT molecular complexity index is 890. The van der Waals surface area contributed by atoms with E-state index in [0.717, 1.165) is 5.56 Å². The fourth-order valence-electron chi connectivity index (χ4n) is 1.93. The second-order valence-corrected chi connectivity index (χ2v) is 4.50. The van der Waals surface area contributed by atoms with Crippen LogP contribution in [0.2, 0.25) is 0 Å². The van der Waals surface area contributed by atoms with Crippen molar-refractivity contribution in [1.82, 2.24) is 20.4 Å². The molecule has 118 valence electrons. The highest BCUT2D eigenvalue weighted by molar-refractivity contribution is 5.71. The number of hydrogen-bond acceptors (Lipinski definition) is 4. The molecule has 0 radical (unpaired) electrons. The van der Waals surface area contributed by atoms with E-state index in [1.54, 1.807) is 29.4 Å². The van der Waals surface area contributed by atoms with Gasteiger partial charge in [-0.05, 0) is 0 Å². The molecule has 2 aromatic heterocycles. The van der Waals surface area contributed by atoms with Crippen molar-refractivity contribution in [3.05, 3.63) is 52.6 Å². The van der Waals surface area contributed by atoms with E-state index in [4.69, 9.17) is 0 Å². The SMILES string of the molecule is O=c1[nH][nH]c(C(F)(F)F)c1N=Nc1cn[nH]c1-c1ccccc1. The van der Waals surface area contributed by atoms with E-state index in [-0.39, 0.29) is 5.69 Å². The zero-order valence-electron chi connectivity index (χ0n) is 11.3. The number of aromatic nitrogens is 4. The van der Waals surface area contributed by atoms with Crippen molar-refractivity contribution in [2.45, 2.75) is 6.18 Å². The molecule has 1 aromatic carbocycles. The van der Waals surface area contributed by atoms with Crippen molar-refractivity contribution in [2.24, 2.45) is 10.2 Å². The van der Waals surface area contributed by atoms with Gasteiger partial charge in [0.25, 0.3) is 5.56 Å². The molecule has 0 saturated heterocycles. The van der Waals surface area contributed by atoms with Gasteiger partial charge in [-0.2, -0.15) is 18.3 Å². The maximum absolute atomic E-state index is 12.8. The Morgan fingerprint density at radius 2 is 1.78 bits per heavy atom. The first-order chi connectivity index (χ1) is 11.0. The first-order valence-electron chi connectivity index (χ1n) is 6.35. The molecule has 3 N–H and O–H groups in total. The molecular weight excluding hydrogens is 313 g/mol. The third kappa shape index (κ3) is 2.91. The van der Waals surface area contributed by atoms with E-state index in [1.807, 2.05) is 11.2 Å². The highest BCUT2D eigenvalue weighted by atomic mass is 19.4. The number of alkyl halides is 3. The molecule has 23 heavy (non-hydrogen) atoms. The fraction of sp³-hybridized carbons (Fsp3) is 0.0769. The van der Waals surface area contributed by atoms with Crippen LogP contribution in [-0.4, -0.2) is 20.4 Å². The highest BCUT2D eigenvalue weighted by Crippen LogP contribution is 2.34. The Kier molecular flexibility index (Phi) is 3.56. The largest absolute Gasteiger partial charge is 0.435 e. The summed E-state index contributed by atoms with van der Waals surface area (Å²) in [6.07, 6.45) is -3.44. The van der Waals surface area contributed by atoms with Gasteiger partial charge < -0.3 is 0 Å². The summed E-state index contributed by atoms with van der Waals surface area (Å²) in [7, 11) is 0. The Morgan fingerprint density at radius 1 is 1.04 bits per heavy atom. The third-order valence-electron chi connectivity index (χ3n) is 2.98. The molecular formula is C13H9F3N6O. The van der Waals surface area contributed by atoms with Crippen molar-refractivity contribution >= 4 is 11.4 Å². The number of aromatic amines is 3. The van der Waals surface area contributed by atoms with E-state index in [2.05, 4.69) is 20.4 Å². The van der Waals surface area contributed by atoms with E-state index < -0.39 is 23.1 Å². The van der Waals surface area contributed by atoms with Crippen molar-refractivity contribution in [3.8, 4) is 11.3 Å². The summed E-state index contributed by atoms with van der Waals surface area (Å²) < 4.78 is 38.3. The van der Waals surface area contributed by atoms with Crippen LogP contribution in [0.5, 0.6) is 0 Å². The third-order valence-corrected chi connectivity index (χ3v) is 2.98. The standard InChI is InChI=1S/C13H9F3N6O/c14-13(15,16)11-10(12(23)22-21-11)20-18-8-6-17-19-9(8)7-4-2-1-3-5-7/h1-6H,(H,17,19)(H2,21,22,23). The number of H-pyrrole nitrogens is 3. The van der Waals surface area contributed by atoms with Gasteiger partial charge in [0.15, 0.2) is 11.4 Å². The molecule has 3 aromatic rings. The Morgan fingerprint density at radius 3 is 2.48 bits per heavy atom. The Labute approximate surface area is 126 Å². The summed E-state index contributed by atoms with van der Waals surface area (Å²) in [6.45, 7) is 0. The number of nitrogens with one attached hydrogen (secondary N) is 3. The van der Waals surface area contributed by atoms with E-state index in [1.165, 1.54) is 6.20 Å². The highest BCUT2D eigenvalue weighted by Gasteiger charge is 2.37. The minimum Gasteiger partial charge on any atom is -0.292 e. The summed E-state index contributed by atoms with van der Waals surface area (Å²) in [5, 5.41) is 17.2. The smallest absolute Gasteiger partial charge is 0.292 e. The minimum atomic E-state index is -4.74. The van der Waals surface area contributed by atoms with Crippen molar-refractivity contribution < 1.29 is 13.2 Å². The molecule has 0 atom stereocenters. The van der Waals surface area contributed by atoms with Gasteiger partial charge in [0, 0.05) is 5.56 Å². The van der Waals surface area contributed by atoms with Gasteiger partial charge in [0.1, 0.15) is 5.69 Å². The maximum atomic E-state index is 12.8. The summed E-state index contributed by atoms with van der Waals surface area (Å²) in [4.78, 5) is 11.4. The second kappa shape index (κ2) is 5.55. The fourth-order valence-corrected chi connectivity index (χ4v) is 1.93. The van der Waals surface area contributed by atoms with Crippen LogP contribution < -0.4 is 5.56 Å². The normalized spacial score (nSPS) is 12.1. The predicted octanol–water partition coefficient (Wildman–Crippen LogP) is 3.53. The van der Waals surface area contributed by atoms with Crippen LogP contribution in [0.3, 0.4) is 0 Å². The van der Waals surface area contributed by atoms with Crippen molar-refractivity contribution in [3.63, 3.8) is 0 Å². The van der Waals surface area contributed by atoms with Gasteiger partial charge in [-0.15, -0.1) is 10.2 Å². The van der Waals surface area contributed by atoms with Gasteiger partial charge in [-0.1, -0.05) is 30.3 Å². The lowest BCUT2D eigenvalue weighted by atomic mass is 10.1. The van der Waals surface area contributed by atoms with Gasteiger partial charge >= 0.3 is 6.18 Å². The molecule has 3 rings (SSSR count). The van der Waals surface area contributed by atoms with Crippen LogP contribution in [0.25, 0.3) is 11.3 Å². The van der Waals surface area contributed by atoms with Crippen LogP contribution in [0, 0.1) is 0 Å². The topological polar surface area (TPSA) is 102 Å². The molecule has 0 amide bonds. The van der Waals surface area contributed by atoms with Crippen molar-refractivity contribution in [2.75, 3.05) is 0 Å². The van der Waals surface area contributed by atoms with Gasteiger partial charge in [0.05, 0.1) is 11.9 Å². The van der Waals surface area contributed by atoms with E-state index in [0.29, 0.717) is 5.69 Å². The lowest BCUT2D eigenvalue weighted by molar-refractivity contribution is -0.140. The van der Waals surface area contributed by atoms with Crippen LogP contribution >= 0.6 is 0 Å². The molecule has 0 fully saturated rings. The monoisotopic (exact) mass is 322 g/mol. The first kappa shape index (κ1) is 14.8. The number of halogens is 3. The zero-order chi connectivity index (χ0) is 16.4. The van der Waals surface area contributed by atoms with Crippen LogP contribution in [0.15, 0.2) is 51.6 Å². The van der Waals surface area contributed by atoms with Crippen molar-refractivity contribution in [1.29, 1.82) is 0 Å². The van der Waals surface area contributed by atoms with Crippen LogP contribution in [-0.2, 0) is 6.18 Å². The van der Waals surface area contributed by atoms with Gasteiger partial charge in [-0.25, -0.2) is 0 Å². The Hall–Kier alpha value is -3.17. The lowest BCUT2D eigenvalue weighted by Crippen LogP contribution is -2.06. The molecule has 0 bridgehead atoms. The summed E-state index contributed by atoms with van der Waals surface area (Å²) >= 11 is 0. The van der Waals surface area contributed by atoms with Crippen LogP contribution in [0.4, 0.5) is 24.5 Å². The quantitative estimate of drug-likeness (QED) is 0.642. The molecule has 10 heteroatoms. The Balaban J connectivity index is 1.99. The molecule has 0 aliphatic heterocycles. The summed E-state index contributed by atoms with van der Waals surface area (Å²) in [5.41, 5.74) is -1.70. The van der Waals surface area contributed by atoms with Gasteiger partial charge in [0.2, 0.25) is 0 Å². The number of azo groups is 1. The molecule has 0 spiro atoms. The minimum absolute atomic E-state index is 0.213. The number of hydrogen-bond donors (Lipinski definition) is 3. The second-order valence-electron chi connectivity index (χ2n) is 4.50. The van der Waals surface area contributed by atoms with E-state index in [9.17, 15) is 18.0 Å². The average molecular weight is 322 g/mol. The van der Waals surface area contributed by atoms with Crippen LogP contribution in [0.1, 0.15) is 5.69 Å². The lowest BCUT2D eigenvalue weighted by Gasteiger charge is -2.02. The molecule has 0 aliphatic rings. The molecule has 2 heterocycles. The number of benzene rings is 1. The average Bonchev–Trinajstić information content (AvgIpc) is 3.12. The maximum Gasteiger partial charge on any atom is 0.435 e. The molecule has 7 nitrogen and oxygen atoms in total. The summed E-state index contributed by atoms with van der Waals surface area (Å²) in [6, 6.07) is 8.94. The molecule has 0 saturated carbocycles. The predicted molar refractivity (Wildman–Crippen MR) is 74.6 cm³/mol. The number of rotatable bonds is 3. The van der Waals surface area contributed by atoms with Gasteiger partial charge in [-0.3, -0.25) is 20.1 Å². The van der Waals surface area contributed by atoms with E-state index >= 15 is 0 Å². The zero-order valence-corrected chi connectivity index (χ0v) is 11.3.